The van der Waals surface area contributed by atoms with Gasteiger partial charge in [-0.15, -0.1) is 0 Å². The molecule has 0 unspecified atom stereocenters. The van der Waals surface area contributed by atoms with E-state index in [-0.39, 0.29) is 5.69 Å². The molecule has 4 N–H and O–H groups in total. The van der Waals surface area contributed by atoms with E-state index in [1.54, 1.807) is 0 Å². The summed E-state index contributed by atoms with van der Waals surface area (Å²) in [6.07, 6.45) is -3.90. The first kappa shape index (κ1) is 19.0. The Morgan fingerprint density at radius 2 is 1.67 bits per heavy atom. The molecule has 1 heterocycles. The topological polar surface area (TPSA) is 96.4 Å². The molecule has 0 aliphatic heterocycles. The van der Waals surface area contributed by atoms with Crippen molar-refractivity contribution in [1.29, 1.82) is 0 Å². The summed E-state index contributed by atoms with van der Waals surface area (Å²) in [7, 11) is 0. The van der Waals surface area contributed by atoms with Gasteiger partial charge in [-0.3, -0.25) is 4.98 Å². The number of halogens is 5. The van der Waals surface area contributed by atoms with E-state index in [0.717, 1.165) is 19.9 Å². The lowest BCUT2D eigenvalue weighted by molar-refractivity contribution is -0.192. The first-order valence-electron chi connectivity index (χ1n) is 5.32. The SMILES string of the molecule is CC(C)(O)C(F)(F)c1cc(N)ccn1.O=C(O)C(F)(F)F. The molecule has 0 bridgehead atoms. The van der Waals surface area contributed by atoms with Crippen LogP contribution in [0, 0.1) is 0 Å². The average molecular weight is 316 g/mol. The minimum absolute atomic E-state index is 0.193. The normalized spacial score (nSPS) is 12.4. The van der Waals surface area contributed by atoms with Crippen LogP contribution in [0.3, 0.4) is 0 Å². The molecular weight excluding hydrogens is 303 g/mol. The second-order valence-electron chi connectivity index (χ2n) is 4.41. The smallest absolute Gasteiger partial charge is 0.475 e. The van der Waals surface area contributed by atoms with Crippen molar-refractivity contribution < 1.29 is 37.0 Å². The summed E-state index contributed by atoms with van der Waals surface area (Å²) >= 11 is 0. The van der Waals surface area contributed by atoms with Crippen molar-refractivity contribution in [2.24, 2.45) is 0 Å². The van der Waals surface area contributed by atoms with E-state index in [9.17, 15) is 27.1 Å². The lowest BCUT2D eigenvalue weighted by Gasteiger charge is -2.28. The number of anilines is 1. The number of hydrogen-bond donors (Lipinski definition) is 3. The molecule has 0 fully saturated rings. The van der Waals surface area contributed by atoms with Crippen molar-refractivity contribution in [1.82, 2.24) is 4.98 Å². The molecule has 1 aromatic heterocycles. The molecule has 120 valence electrons. The Balaban J connectivity index is 0.000000486. The summed E-state index contributed by atoms with van der Waals surface area (Å²) in [5.41, 5.74) is 2.85. The summed E-state index contributed by atoms with van der Waals surface area (Å²) in [6.45, 7) is 2.05. The van der Waals surface area contributed by atoms with Gasteiger partial charge in [-0.25, -0.2) is 4.79 Å². The first-order valence-corrected chi connectivity index (χ1v) is 5.32. The number of nitrogens with zero attached hydrogens (tertiary/aromatic N) is 1. The van der Waals surface area contributed by atoms with Gasteiger partial charge in [0.2, 0.25) is 0 Å². The Hall–Kier alpha value is -1.97. The van der Waals surface area contributed by atoms with Crippen LogP contribution in [0.2, 0.25) is 0 Å². The fourth-order valence-corrected chi connectivity index (χ4v) is 0.932. The van der Waals surface area contributed by atoms with Gasteiger partial charge in [-0.2, -0.15) is 22.0 Å². The van der Waals surface area contributed by atoms with Crippen LogP contribution in [0.15, 0.2) is 18.3 Å². The summed E-state index contributed by atoms with van der Waals surface area (Å²) in [4.78, 5) is 12.4. The molecule has 1 rings (SSSR count). The predicted molar refractivity (Wildman–Crippen MR) is 62.5 cm³/mol. The minimum atomic E-state index is -5.08. The molecule has 0 amide bonds. The fourth-order valence-electron chi connectivity index (χ4n) is 0.932. The zero-order valence-corrected chi connectivity index (χ0v) is 10.9. The number of carboxylic acid groups (broad SMARTS) is 1. The monoisotopic (exact) mass is 316 g/mol. The predicted octanol–water partition coefficient (Wildman–Crippen LogP) is 2.16. The van der Waals surface area contributed by atoms with E-state index in [1.807, 2.05) is 0 Å². The zero-order valence-electron chi connectivity index (χ0n) is 10.9. The van der Waals surface area contributed by atoms with Crippen LogP contribution in [0.4, 0.5) is 27.6 Å². The highest BCUT2D eigenvalue weighted by molar-refractivity contribution is 5.73. The Kier molecular flexibility index (Phi) is 5.62. The van der Waals surface area contributed by atoms with Gasteiger partial charge in [0.15, 0.2) is 0 Å². The molecule has 0 aliphatic rings. The zero-order chi connectivity index (χ0) is 17.1. The highest BCUT2D eigenvalue weighted by Crippen LogP contribution is 2.37. The van der Waals surface area contributed by atoms with Crippen LogP contribution < -0.4 is 5.73 Å². The number of aliphatic hydroxyl groups is 1. The van der Waals surface area contributed by atoms with Crippen molar-refractivity contribution in [3.05, 3.63) is 24.0 Å². The van der Waals surface area contributed by atoms with Gasteiger partial charge in [0, 0.05) is 11.9 Å². The molecule has 0 aliphatic carbocycles. The lowest BCUT2D eigenvalue weighted by atomic mass is 9.97. The number of aromatic nitrogens is 1. The fraction of sp³-hybridized carbons (Fsp3) is 0.455. The number of carboxylic acids is 1. The van der Waals surface area contributed by atoms with Crippen molar-refractivity contribution in [2.75, 3.05) is 5.73 Å². The number of carbonyl (C=O) groups is 1. The van der Waals surface area contributed by atoms with Crippen molar-refractivity contribution in [2.45, 2.75) is 31.5 Å². The van der Waals surface area contributed by atoms with Gasteiger partial charge in [0.25, 0.3) is 0 Å². The van der Waals surface area contributed by atoms with Crippen LogP contribution in [0.1, 0.15) is 19.5 Å². The molecule has 0 aromatic carbocycles. The van der Waals surface area contributed by atoms with Crippen LogP contribution >= 0.6 is 0 Å². The Bertz CT molecular complexity index is 497. The second kappa shape index (κ2) is 6.20. The van der Waals surface area contributed by atoms with Crippen LogP contribution in [-0.2, 0) is 10.7 Å². The van der Waals surface area contributed by atoms with Gasteiger partial charge in [0.05, 0.1) is 0 Å². The molecule has 0 spiro atoms. The summed E-state index contributed by atoms with van der Waals surface area (Å²) in [5.74, 6) is -6.17. The molecule has 0 saturated heterocycles. The lowest BCUT2D eigenvalue weighted by Crippen LogP contribution is -2.40. The number of rotatable bonds is 2. The number of pyridine rings is 1. The van der Waals surface area contributed by atoms with Crippen LogP contribution in [0.25, 0.3) is 0 Å². The number of alkyl halides is 5. The third-order valence-corrected chi connectivity index (χ3v) is 2.12. The summed E-state index contributed by atoms with van der Waals surface area (Å²) in [6, 6.07) is 2.46. The molecule has 0 atom stereocenters. The molecule has 0 radical (unpaired) electrons. The van der Waals surface area contributed by atoms with E-state index in [2.05, 4.69) is 4.98 Å². The van der Waals surface area contributed by atoms with Gasteiger partial charge >= 0.3 is 18.1 Å². The van der Waals surface area contributed by atoms with E-state index in [0.29, 0.717) is 0 Å². The third-order valence-electron chi connectivity index (χ3n) is 2.12. The molecule has 0 saturated carbocycles. The van der Waals surface area contributed by atoms with Gasteiger partial charge in [-0.1, -0.05) is 0 Å². The highest BCUT2D eigenvalue weighted by atomic mass is 19.4. The number of aliphatic carboxylic acids is 1. The van der Waals surface area contributed by atoms with E-state index in [1.165, 1.54) is 12.3 Å². The summed E-state index contributed by atoms with van der Waals surface area (Å²) < 4.78 is 58.7. The van der Waals surface area contributed by atoms with Gasteiger partial charge < -0.3 is 15.9 Å². The number of nitrogens with two attached hydrogens (primary N) is 1. The highest BCUT2D eigenvalue weighted by Gasteiger charge is 2.48. The number of nitrogen functional groups attached to an aromatic ring is 1. The molecule has 21 heavy (non-hydrogen) atoms. The minimum Gasteiger partial charge on any atom is -0.475 e. The maximum Gasteiger partial charge on any atom is 0.490 e. The van der Waals surface area contributed by atoms with Crippen LogP contribution in [-0.4, -0.2) is 32.9 Å². The van der Waals surface area contributed by atoms with E-state index < -0.39 is 29.4 Å². The second-order valence-corrected chi connectivity index (χ2v) is 4.41. The molecule has 10 heteroatoms. The number of hydrogen-bond acceptors (Lipinski definition) is 4. The largest absolute Gasteiger partial charge is 0.490 e. The third kappa shape index (κ3) is 5.50. The Labute approximate surface area is 116 Å². The molecule has 1 aromatic rings. The van der Waals surface area contributed by atoms with Crippen molar-refractivity contribution in [3.63, 3.8) is 0 Å². The maximum absolute atomic E-state index is 13.5. The summed E-state index contributed by atoms with van der Waals surface area (Å²) in [5, 5.41) is 16.4. The average Bonchev–Trinajstić information content (AvgIpc) is 2.26. The van der Waals surface area contributed by atoms with Crippen LogP contribution in [0.5, 0.6) is 0 Å². The first-order chi connectivity index (χ1) is 9.19. The standard InChI is InChI=1S/C9H12F2N2O.C2HF3O2/c1-8(2,14)9(10,11)7-5-6(12)3-4-13-7;3-2(4,5)1(6)7/h3-5,14H,1-2H3,(H2,12,13);(H,6,7). The van der Waals surface area contributed by atoms with Crippen molar-refractivity contribution >= 4 is 11.7 Å². The maximum atomic E-state index is 13.5. The quantitative estimate of drug-likeness (QED) is 0.727. The van der Waals surface area contributed by atoms with Gasteiger partial charge in [0.1, 0.15) is 11.3 Å². The molecular formula is C11H13F5N2O3. The Morgan fingerprint density at radius 3 is 1.95 bits per heavy atom. The Morgan fingerprint density at radius 1 is 1.24 bits per heavy atom. The van der Waals surface area contributed by atoms with Crippen molar-refractivity contribution in [3.8, 4) is 0 Å². The van der Waals surface area contributed by atoms with E-state index >= 15 is 0 Å². The van der Waals surface area contributed by atoms with E-state index in [4.69, 9.17) is 15.6 Å². The molecule has 5 nitrogen and oxygen atoms in total. The van der Waals surface area contributed by atoms with Gasteiger partial charge in [-0.05, 0) is 26.0 Å².